The minimum atomic E-state index is -1.03. The Balaban J connectivity index is 1.75. The molecule has 2 atom stereocenters. The van der Waals surface area contributed by atoms with Gasteiger partial charge in [-0.05, 0) is 36.0 Å². The van der Waals surface area contributed by atoms with Crippen LogP contribution in [0.4, 0.5) is 0 Å². The predicted octanol–water partition coefficient (Wildman–Crippen LogP) is 3.69. The zero-order valence-electron chi connectivity index (χ0n) is 19.7. The number of carboxylic acids is 1. The molecule has 3 rings (SSSR count). The number of benzene rings is 2. The van der Waals surface area contributed by atoms with E-state index < -0.39 is 23.8 Å². The summed E-state index contributed by atoms with van der Waals surface area (Å²) in [5.41, 5.74) is 2.98. The molecule has 0 spiro atoms. The van der Waals surface area contributed by atoms with Crippen molar-refractivity contribution < 1.29 is 19.5 Å². The van der Waals surface area contributed by atoms with Gasteiger partial charge in [0.25, 0.3) is 0 Å². The van der Waals surface area contributed by atoms with E-state index in [1.807, 2.05) is 74.6 Å². The van der Waals surface area contributed by atoms with E-state index in [4.69, 9.17) is 0 Å². The molecule has 0 radical (unpaired) electrons. The summed E-state index contributed by atoms with van der Waals surface area (Å²) < 4.78 is 0. The van der Waals surface area contributed by atoms with Crippen LogP contribution in [0.5, 0.6) is 0 Å². The first-order valence-corrected chi connectivity index (χ1v) is 11.7. The number of carbonyl (C=O) groups excluding carboxylic acids is 2. The van der Waals surface area contributed by atoms with Crippen LogP contribution >= 0.6 is 0 Å². The molecule has 7 nitrogen and oxygen atoms in total. The smallest absolute Gasteiger partial charge is 0.304 e. The number of fused-ring (bicyclic) bond motifs is 1. The van der Waals surface area contributed by atoms with Gasteiger partial charge in [-0.2, -0.15) is 0 Å². The molecule has 0 aliphatic carbocycles. The van der Waals surface area contributed by atoms with Crippen LogP contribution in [0.15, 0.2) is 60.8 Å². The van der Waals surface area contributed by atoms with Crippen molar-refractivity contribution in [3.63, 3.8) is 0 Å². The van der Waals surface area contributed by atoms with Gasteiger partial charge in [0.1, 0.15) is 6.04 Å². The fraction of sp³-hybridized carbons (Fsp3) is 0.370. The van der Waals surface area contributed by atoms with Crippen LogP contribution in [-0.4, -0.2) is 40.5 Å². The Kier molecular flexibility index (Phi) is 8.85. The Labute approximate surface area is 200 Å². The quantitative estimate of drug-likeness (QED) is 0.328. The molecule has 7 heteroatoms. The molecule has 1 heterocycles. The monoisotopic (exact) mass is 463 g/mol. The molecule has 1 aromatic heterocycles. The SMILES string of the molecule is CC(C)CC(CC(=O)O)C(=O)N[C@@H](Cc1c[nH]c2ccccc12)C(=O)NCCc1ccccc1. The van der Waals surface area contributed by atoms with Gasteiger partial charge < -0.3 is 20.7 Å². The van der Waals surface area contributed by atoms with Crippen LogP contribution in [0.1, 0.15) is 37.8 Å². The fourth-order valence-corrected chi connectivity index (χ4v) is 4.18. The average Bonchev–Trinajstić information content (AvgIpc) is 3.21. The van der Waals surface area contributed by atoms with E-state index >= 15 is 0 Å². The number of aromatic nitrogens is 1. The molecule has 2 aromatic carbocycles. The minimum Gasteiger partial charge on any atom is -0.481 e. The van der Waals surface area contributed by atoms with Gasteiger partial charge in [0.05, 0.1) is 6.42 Å². The minimum absolute atomic E-state index is 0.155. The first kappa shape index (κ1) is 25.0. The number of amides is 2. The lowest BCUT2D eigenvalue weighted by molar-refractivity contribution is -0.141. The van der Waals surface area contributed by atoms with Crippen molar-refractivity contribution in [2.45, 2.75) is 45.6 Å². The summed E-state index contributed by atoms with van der Waals surface area (Å²) in [7, 11) is 0. The third-order valence-electron chi connectivity index (χ3n) is 5.84. The van der Waals surface area contributed by atoms with Gasteiger partial charge in [0.15, 0.2) is 0 Å². The lowest BCUT2D eigenvalue weighted by atomic mass is 9.92. The van der Waals surface area contributed by atoms with Crippen molar-refractivity contribution in [2.75, 3.05) is 6.54 Å². The molecule has 34 heavy (non-hydrogen) atoms. The Morgan fingerprint density at radius 1 is 0.971 bits per heavy atom. The van der Waals surface area contributed by atoms with Crippen LogP contribution < -0.4 is 10.6 Å². The van der Waals surface area contributed by atoms with E-state index in [1.54, 1.807) is 0 Å². The maximum atomic E-state index is 13.1. The molecule has 4 N–H and O–H groups in total. The van der Waals surface area contributed by atoms with Crippen molar-refractivity contribution in [1.82, 2.24) is 15.6 Å². The summed E-state index contributed by atoms with van der Waals surface area (Å²) in [6.45, 7) is 4.33. The van der Waals surface area contributed by atoms with Crippen LogP contribution in [0.2, 0.25) is 0 Å². The highest BCUT2D eigenvalue weighted by Crippen LogP contribution is 2.20. The largest absolute Gasteiger partial charge is 0.481 e. The number of nitrogens with one attached hydrogen (secondary N) is 3. The van der Waals surface area contributed by atoms with Crippen molar-refractivity contribution in [2.24, 2.45) is 11.8 Å². The van der Waals surface area contributed by atoms with Crippen molar-refractivity contribution >= 4 is 28.7 Å². The molecular weight excluding hydrogens is 430 g/mol. The molecule has 0 aliphatic heterocycles. The third kappa shape index (κ3) is 7.20. The average molecular weight is 464 g/mol. The second-order valence-electron chi connectivity index (χ2n) is 9.08. The lowest BCUT2D eigenvalue weighted by Crippen LogP contribution is -2.50. The lowest BCUT2D eigenvalue weighted by Gasteiger charge is -2.23. The molecule has 3 aromatic rings. The number of carbonyl (C=O) groups is 3. The van der Waals surface area contributed by atoms with Gasteiger partial charge in [-0.1, -0.05) is 62.4 Å². The topological polar surface area (TPSA) is 111 Å². The summed E-state index contributed by atoms with van der Waals surface area (Å²) in [6.07, 6.45) is 3.00. The molecule has 0 bridgehead atoms. The second kappa shape index (κ2) is 12.0. The van der Waals surface area contributed by atoms with Gasteiger partial charge in [-0.15, -0.1) is 0 Å². The molecule has 0 saturated heterocycles. The van der Waals surface area contributed by atoms with Gasteiger partial charge in [0, 0.05) is 36.0 Å². The standard InChI is InChI=1S/C27H33N3O4/c1-18(2)14-20(16-25(31)32)26(33)30-24(15-21-17-29-23-11-7-6-10-22(21)23)27(34)28-13-12-19-8-4-3-5-9-19/h3-11,17-18,20,24,29H,12-16H2,1-2H3,(H,28,34)(H,30,33)(H,31,32)/t20?,24-/m0/s1. The van der Waals surface area contributed by atoms with Crippen LogP contribution in [-0.2, 0) is 27.2 Å². The third-order valence-corrected chi connectivity index (χ3v) is 5.84. The van der Waals surface area contributed by atoms with E-state index in [9.17, 15) is 19.5 Å². The first-order valence-electron chi connectivity index (χ1n) is 11.7. The fourth-order valence-electron chi connectivity index (χ4n) is 4.18. The van der Waals surface area contributed by atoms with Crippen LogP contribution in [0.3, 0.4) is 0 Å². The molecule has 0 saturated carbocycles. The summed E-state index contributed by atoms with van der Waals surface area (Å²) >= 11 is 0. The van der Waals surface area contributed by atoms with Gasteiger partial charge in [-0.25, -0.2) is 0 Å². The van der Waals surface area contributed by atoms with Crippen molar-refractivity contribution in [3.8, 4) is 0 Å². The summed E-state index contributed by atoms with van der Waals surface area (Å²) in [4.78, 5) is 40.7. The number of rotatable bonds is 12. The summed E-state index contributed by atoms with van der Waals surface area (Å²) in [5, 5.41) is 16.1. The van der Waals surface area contributed by atoms with Gasteiger partial charge in [-0.3, -0.25) is 14.4 Å². The Morgan fingerprint density at radius 3 is 2.38 bits per heavy atom. The highest BCUT2D eigenvalue weighted by Gasteiger charge is 2.28. The zero-order valence-corrected chi connectivity index (χ0v) is 19.7. The number of H-pyrrole nitrogens is 1. The number of hydrogen-bond donors (Lipinski definition) is 4. The van der Waals surface area contributed by atoms with E-state index in [1.165, 1.54) is 0 Å². The van der Waals surface area contributed by atoms with Crippen molar-refractivity contribution in [1.29, 1.82) is 0 Å². The van der Waals surface area contributed by atoms with Crippen LogP contribution in [0.25, 0.3) is 10.9 Å². The first-order chi connectivity index (χ1) is 16.3. The highest BCUT2D eigenvalue weighted by molar-refractivity contribution is 5.91. The number of hydrogen-bond acceptors (Lipinski definition) is 3. The second-order valence-corrected chi connectivity index (χ2v) is 9.08. The van der Waals surface area contributed by atoms with E-state index in [2.05, 4.69) is 15.6 Å². The Morgan fingerprint density at radius 2 is 1.68 bits per heavy atom. The van der Waals surface area contributed by atoms with Gasteiger partial charge in [0.2, 0.25) is 11.8 Å². The maximum Gasteiger partial charge on any atom is 0.304 e. The van der Waals surface area contributed by atoms with Gasteiger partial charge >= 0.3 is 5.97 Å². The van der Waals surface area contributed by atoms with Crippen molar-refractivity contribution in [3.05, 3.63) is 71.9 Å². The Bertz CT molecular complexity index is 1110. The van der Waals surface area contributed by atoms with E-state index in [0.717, 1.165) is 22.0 Å². The predicted molar refractivity (Wildman–Crippen MR) is 132 cm³/mol. The molecule has 180 valence electrons. The number of aromatic amines is 1. The molecule has 0 fully saturated rings. The number of carboxylic acid groups (broad SMARTS) is 1. The number of aliphatic carboxylic acids is 1. The normalized spacial score (nSPS) is 12.9. The summed E-state index contributed by atoms with van der Waals surface area (Å²) in [6, 6.07) is 16.8. The van der Waals surface area contributed by atoms with E-state index in [-0.39, 0.29) is 18.2 Å². The molecule has 0 aliphatic rings. The van der Waals surface area contributed by atoms with Crippen LogP contribution in [0, 0.1) is 11.8 Å². The molecule has 2 amide bonds. The summed E-state index contributed by atoms with van der Waals surface area (Å²) in [5.74, 6) is -2.25. The highest BCUT2D eigenvalue weighted by atomic mass is 16.4. The number of para-hydroxylation sites is 1. The molecule has 1 unspecified atom stereocenters. The zero-order chi connectivity index (χ0) is 24.5. The maximum absolute atomic E-state index is 13.1. The van der Waals surface area contributed by atoms with E-state index in [0.29, 0.717) is 25.8 Å². The Hall–Kier alpha value is -3.61. The molecular formula is C27H33N3O4.